The first kappa shape index (κ1) is 14.9. The molecule has 2 rings (SSSR count). The maximum atomic E-state index is 11.7. The van der Waals surface area contributed by atoms with E-state index in [0.717, 1.165) is 5.56 Å². The molecule has 0 aliphatic carbocycles. The number of phenols is 1. The monoisotopic (exact) mass is 303 g/mol. The van der Waals surface area contributed by atoms with Crippen LogP contribution >= 0.6 is 11.6 Å². The molecule has 0 heterocycles. The van der Waals surface area contributed by atoms with Gasteiger partial charge in [-0.2, -0.15) is 5.10 Å². The highest BCUT2D eigenvalue weighted by Crippen LogP contribution is 2.19. The van der Waals surface area contributed by atoms with Gasteiger partial charge in [0, 0.05) is 16.3 Å². The van der Waals surface area contributed by atoms with E-state index in [-0.39, 0.29) is 5.75 Å². The van der Waals surface area contributed by atoms with E-state index >= 15 is 0 Å². The molecule has 0 saturated carbocycles. The molecule has 0 aliphatic heterocycles. The first-order valence-corrected chi connectivity index (χ1v) is 6.58. The first-order chi connectivity index (χ1) is 10.1. The van der Waals surface area contributed by atoms with Crippen molar-refractivity contribution in [3.8, 4) is 5.75 Å². The van der Waals surface area contributed by atoms with E-state index in [2.05, 4.69) is 15.8 Å². The fourth-order valence-electron chi connectivity index (χ4n) is 1.65. The average molecular weight is 304 g/mol. The number of aryl methyl sites for hydroxylation is 1. The van der Waals surface area contributed by atoms with E-state index in [9.17, 15) is 9.90 Å². The quantitative estimate of drug-likeness (QED) is 0.599. The van der Waals surface area contributed by atoms with Crippen molar-refractivity contribution in [1.29, 1.82) is 0 Å². The average Bonchev–Trinajstić information content (AvgIpc) is 2.45. The van der Waals surface area contributed by atoms with E-state index in [4.69, 9.17) is 11.6 Å². The fourth-order valence-corrected chi connectivity index (χ4v) is 1.83. The van der Waals surface area contributed by atoms with Crippen LogP contribution in [-0.4, -0.2) is 17.4 Å². The Morgan fingerprint density at radius 2 is 2.05 bits per heavy atom. The minimum absolute atomic E-state index is 0.0317. The Kier molecular flexibility index (Phi) is 4.79. The van der Waals surface area contributed by atoms with Crippen LogP contribution in [0, 0.1) is 6.92 Å². The number of anilines is 1. The molecule has 108 valence electrons. The third-order valence-electron chi connectivity index (χ3n) is 2.75. The van der Waals surface area contributed by atoms with Crippen LogP contribution in [0.25, 0.3) is 0 Å². The second-order valence-corrected chi connectivity index (χ2v) is 4.78. The van der Waals surface area contributed by atoms with Gasteiger partial charge in [0.2, 0.25) is 0 Å². The van der Waals surface area contributed by atoms with Crippen LogP contribution in [0.4, 0.5) is 10.5 Å². The van der Waals surface area contributed by atoms with E-state index in [1.807, 2.05) is 25.1 Å². The van der Waals surface area contributed by atoms with Crippen LogP contribution in [-0.2, 0) is 0 Å². The van der Waals surface area contributed by atoms with Crippen LogP contribution in [0.3, 0.4) is 0 Å². The van der Waals surface area contributed by atoms with Gasteiger partial charge in [0.25, 0.3) is 0 Å². The van der Waals surface area contributed by atoms with Crippen molar-refractivity contribution in [3.05, 3.63) is 58.6 Å². The number of rotatable bonds is 3. The van der Waals surface area contributed by atoms with E-state index < -0.39 is 6.03 Å². The predicted molar refractivity (Wildman–Crippen MR) is 84.0 cm³/mol. The van der Waals surface area contributed by atoms with Gasteiger partial charge in [-0.1, -0.05) is 29.8 Å². The Morgan fingerprint density at radius 1 is 1.29 bits per heavy atom. The highest BCUT2D eigenvalue weighted by Gasteiger charge is 2.02. The SMILES string of the molecule is Cc1ccccc1NC(=O)N/N=C/c1cc(Cl)ccc1O. The Balaban J connectivity index is 1.96. The number of amides is 2. The lowest BCUT2D eigenvalue weighted by Gasteiger charge is -2.06. The minimum atomic E-state index is -0.470. The molecule has 2 aromatic carbocycles. The number of benzene rings is 2. The second-order valence-electron chi connectivity index (χ2n) is 4.34. The highest BCUT2D eigenvalue weighted by atomic mass is 35.5. The van der Waals surface area contributed by atoms with Crippen molar-refractivity contribution >= 4 is 29.5 Å². The van der Waals surface area contributed by atoms with Crippen molar-refractivity contribution in [1.82, 2.24) is 5.43 Å². The number of phenolic OH excluding ortho intramolecular Hbond substituents is 1. The number of aromatic hydroxyl groups is 1. The molecule has 0 aliphatic rings. The second kappa shape index (κ2) is 6.76. The normalized spacial score (nSPS) is 10.6. The Bertz CT molecular complexity index is 686. The number of carbonyl (C=O) groups excluding carboxylic acids is 1. The van der Waals surface area contributed by atoms with Crippen LogP contribution in [0.15, 0.2) is 47.6 Å². The molecular weight excluding hydrogens is 290 g/mol. The van der Waals surface area contributed by atoms with E-state index in [1.54, 1.807) is 18.2 Å². The molecule has 0 radical (unpaired) electrons. The summed E-state index contributed by atoms with van der Waals surface area (Å²) in [6.07, 6.45) is 1.32. The lowest BCUT2D eigenvalue weighted by atomic mass is 10.2. The Hall–Kier alpha value is -2.53. The van der Waals surface area contributed by atoms with E-state index in [0.29, 0.717) is 16.3 Å². The topological polar surface area (TPSA) is 73.7 Å². The number of halogens is 1. The molecule has 21 heavy (non-hydrogen) atoms. The van der Waals surface area contributed by atoms with Crippen molar-refractivity contribution in [3.63, 3.8) is 0 Å². The van der Waals surface area contributed by atoms with Crippen LogP contribution in [0.2, 0.25) is 5.02 Å². The summed E-state index contributed by atoms with van der Waals surface area (Å²) in [4.78, 5) is 11.7. The zero-order chi connectivity index (χ0) is 15.2. The number of para-hydroxylation sites is 1. The van der Waals surface area contributed by atoms with Gasteiger partial charge in [-0.05, 0) is 36.8 Å². The van der Waals surface area contributed by atoms with Crippen LogP contribution in [0.5, 0.6) is 5.75 Å². The van der Waals surface area contributed by atoms with Crippen molar-refractivity contribution in [2.75, 3.05) is 5.32 Å². The lowest BCUT2D eigenvalue weighted by Crippen LogP contribution is -2.24. The number of nitrogens with one attached hydrogen (secondary N) is 2. The third kappa shape index (κ3) is 4.22. The molecule has 0 fully saturated rings. The van der Waals surface area contributed by atoms with Gasteiger partial charge in [-0.3, -0.25) is 0 Å². The zero-order valence-corrected chi connectivity index (χ0v) is 12.1. The van der Waals surface area contributed by atoms with Gasteiger partial charge < -0.3 is 10.4 Å². The van der Waals surface area contributed by atoms with Gasteiger partial charge in [0.15, 0.2) is 0 Å². The summed E-state index contributed by atoms with van der Waals surface area (Å²) in [7, 11) is 0. The minimum Gasteiger partial charge on any atom is -0.507 e. The summed E-state index contributed by atoms with van der Waals surface area (Å²) in [5.41, 5.74) is 4.39. The molecule has 0 aromatic heterocycles. The lowest BCUT2D eigenvalue weighted by molar-refractivity contribution is 0.252. The first-order valence-electron chi connectivity index (χ1n) is 6.20. The number of hydrazone groups is 1. The molecule has 3 N–H and O–H groups in total. The summed E-state index contributed by atoms with van der Waals surface area (Å²) in [6.45, 7) is 1.89. The molecule has 0 bridgehead atoms. The van der Waals surface area contributed by atoms with Gasteiger partial charge in [0.05, 0.1) is 6.21 Å². The molecule has 0 saturated heterocycles. The Morgan fingerprint density at radius 3 is 2.81 bits per heavy atom. The fraction of sp³-hybridized carbons (Fsp3) is 0.0667. The molecular formula is C15H14ClN3O2. The summed E-state index contributed by atoms with van der Waals surface area (Å²) < 4.78 is 0. The van der Waals surface area contributed by atoms with Crippen LogP contribution in [0.1, 0.15) is 11.1 Å². The number of hydrogen-bond donors (Lipinski definition) is 3. The van der Waals surface area contributed by atoms with Gasteiger partial charge in [-0.15, -0.1) is 0 Å². The summed E-state index contributed by atoms with van der Waals surface area (Å²) in [5, 5.41) is 16.5. The number of carbonyl (C=O) groups is 1. The molecule has 0 unspecified atom stereocenters. The molecule has 0 spiro atoms. The summed E-state index contributed by atoms with van der Waals surface area (Å²) in [5.74, 6) is 0.0317. The largest absolute Gasteiger partial charge is 0.507 e. The number of hydrogen-bond acceptors (Lipinski definition) is 3. The highest BCUT2D eigenvalue weighted by molar-refractivity contribution is 6.30. The van der Waals surface area contributed by atoms with Gasteiger partial charge in [0.1, 0.15) is 5.75 Å². The number of urea groups is 1. The molecule has 2 aromatic rings. The van der Waals surface area contributed by atoms with Gasteiger partial charge >= 0.3 is 6.03 Å². The predicted octanol–water partition coefficient (Wildman–Crippen LogP) is 3.51. The van der Waals surface area contributed by atoms with Crippen molar-refractivity contribution in [2.24, 2.45) is 5.10 Å². The molecule has 0 atom stereocenters. The van der Waals surface area contributed by atoms with Crippen LogP contribution < -0.4 is 10.7 Å². The zero-order valence-electron chi connectivity index (χ0n) is 11.3. The molecule has 6 heteroatoms. The third-order valence-corrected chi connectivity index (χ3v) is 2.99. The smallest absolute Gasteiger partial charge is 0.339 e. The van der Waals surface area contributed by atoms with Gasteiger partial charge in [-0.25, -0.2) is 10.2 Å². The van der Waals surface area contributed by atoms with E-state index in [1.165, 1.54) is 12.3 Å². The Labute approximate surface area is 127 Å². The van der Waals surface area contributed by atoms with Crippen molar-refractivity contribution in [2.45, 2.75) is 6.92 Å². The summed E-state index contributed by atoms with van der Waals surface area (Å²) >= 11 is 5.81. The maximum absolute atomic E-state index is 11.7. The number of nitrogens with zero attached hydrogens (tertiary/aromatic N) is 1. The maximum Gasteiger partial charge on any atom is 0.339 e. The molecule has 2 amide bonds. The summed E-state index contributed by atoms with van der Waals surface area (Å²) in [6, 6.07) is 11.5. The van der Waals surface area contributed by atoms with Crippen molar-refractivity contribution < 1.29 is 9.90 Å². The standard InChI is InChI=1S/C15H14ClN3O2/c1-10-4-2-3-5-13(10)18-15(21)19-17-9-11-8-12(16)6-7-14(11)20/h2-9,20H,1H3,(H2,18,19,21)/b17-9+. The molecule has 5 nitrogen and oxygen atoms in total.